The lowest BCUT2D eigenvalue weighted by atomic mass is 10.1. The number of hydrogen-bond acceptors (Lipinski definition) is 3. The van der Waals surface area contributed by atoms with E-state index in [1.54, 1.807) is 12.1 Å². The summed E-state index contributed by atoms with van der Waals surface area (Å²) in [5.41, 5.74) is 5.72. The molecule has 4 nitrogen and oxygen atoms in total. The van der Waals surface area contributed by atoms with Crippen molar-refractivity contribution in [1.29, 1.82) is 0 Å². The molecule has 5 heteroatoms. The van der Waals surface area contributed by atoms with Crippen LogP contribution in [-0.4, -0.2) is 25.1 Å². The van der Waals surface area contributed by atoms with Crippen LogP contribution in [-0.2, 0) is 4.79 Å². The average Bonchev–Trinajstić information content (AvgIpc) is 2.43. The third-order valence-electron chi connectivity index (χ3n) is 2.97. The number of carbonyl (C=O) groups excluding carboxylic acids is 1. The van der Waals surface area contributed by atoms with Crippen LogP contribution in [0.25, 0.3) is 0 Å². The SMILES string of the molecule is CC(C)[C@H](N)C(=O)NCCCCOc1ccc(F)cc1. The molecule has 0 aliphatic carbocycles. The molecule has 0 spiro atoms. The first-order valence-corrected chi connectivity index (χ1v) is 6.92. The summed E-state index contributed by atoms with van der Waals surface area (Å²) in [7, 11) is 0. The molecular weight excluding hydrogens is 259 g/mol. The second-order valence-corrected chi connectivity index (χ2v) is 5.07. The number of benzene rings is 1. The summed E-state index contributed by atoms with van der Waals surface area (Å²) >= 11 is 0. The Morgan fingerprint density at radius 2 is 1.95 bits per heavy atom. The van der Waals surface area contributed by atoms with Gasteiger partial charge >= 0.3 is 0 Å². The zero-order valence-electron chi connectivity index (χ0n) is 12.1. The molecule has 0 aliphatic rings. The quantitative estimate of drug-likeness (QED) is 0.718. The van der Waals surface area contributed by atoms with Crippen molar-refractivity contribution in [2.24, 2.45) is 11.7 Å². The molecular formula is C15H23FN2O2. The van der Waals surface area contributed by atoms with E-state index in [0.29, 0.717) is 18.9 Å². The Hall–Kier alpha value is -1.62. The zero-order chi connectivity index (χ0) is 15.0. The van der Waals surface area contributed by atoms with Crippen LogP contribution < -0.4 is 15.8 Å². The highest BCUT2D eigenvalue weighted by molar-refractivity contribution is 5.81. The van der Waals surface area contributed by atoms with E-state index in [9.17, 15) is 9.18 Å². The van der Waals surface area contributed by atoms with Gasteiger partial charge < -0.3 is 15.8 Å². The van der Waals surface area contributed by atoms with Crippen molar-refractivity contribution in [3.8, 4) is 5.75 Å². The predicted octanol–water partition coefficient (Wildman–Crippen LogP) is 2.08. The van der Waals surface area contributed by atoms with Crippen LogP contribution >= 0.6 is 0 Å². The van der Waals surface area contributed by atoms with Crippen LogP contribution in [0.5, 0.6) is 5.75 Å². The van der Waals surface area contributed by atoms with Crippen LogP contribution in [0.3, 0.4) is 0 Å². The van der Waals surface area contributed by atoms with Crippen molar-refractivity contribution in [1.82, 2.24) is 5.32 Å². The van der Waals surface area contributed by atoms with Gasteiger partial charge in [0.05, 0.1) is 12.6 Å². The molecule has 0 unspecified atom stereocenters. The number of ether oxygens (including phenoxy) is 1. The number of carbonyl (C=O) groups is 1. The molecule has 0 aromatic heterocycles. The van der Waals surface area contributed by atoms with E-state index < -0.39 is 6.04 Å². The van der Waals surface area contributed by atoms with Crippen molar-refractivity contribution >= 4 is 5.91 Å². The van der Waals surface area contributed by atoms with E-state index in [2.05, 4.69) is 5.32 Å². The van der Waals surface area contributed by atoms with Gasteiger partial charge in [-0.2, -0.15) is 0 Å². The van der Waals surface area contributed by atoms with Crippen LogP contribution in [0.4, 0.5) is 4.39 Å². The molecule has 1 aromatic carbocycles. The molecule has 0 aliphatic heterocycles. The van der Waals surface area contributed by atoms with Gasteiger partial charge in [-0.15, -0.1) is 0 Å². The first kappa shape index (κ1) is 16.4. The minimum absolute atomic E-state index is 0.112. The smallest absolute Gasteiger partial charge is 0.237 e. The lowest BCUT2D eigenvalue weighted by Crippen LogP contribution is -2.44. The van der Waals surface area contributed by atoms with Gasteiger partial charge in [0, 0.05) is 6.54 Å². The summed E-state index contributed by atoms with van der Waals surface area (Å²) in [5.74, 6) is 0.398. The largest absolute Gasteiger partial charge is 0.494 e. The number of hydrogen-bond donors (Lipinski definition) is 2. The molecule has 0 radical (unpaired) electrons. The Morgan fingerprint density at radius 3 is 2.55 bits per heavy atom. The molecule has 0 saturated carbocycles. The molecule has 20 heavy (non-hydrogen) atoms. The lowest BCUT2D eigenvalue weighted by molar-refractivity contribution is -0.123. The summed E-state index contributed by atoms with van der Waals surface area (Å²) in [4.78, 5) is 11.6. The fourth-order valence-corrected chi connectivity index (χ4v) is 1.58. The van der Waals surface area contributed by atoms with Crippen LogP contribution in [0.2, 0.25) is 0 Å². The molecule has 1 atom stereocenters. The van der Waals surface area contributed by atoms with Gasteiger partial charge in [-0.3, -0.25) is 4.79 Å². The summed E-state index contributed by atoms with van der Waals surface area (Å²) in [6.45, 7) is 4.96. The van der Waals surface area contributed by atoms with E-state index in [1.807, 2.05) is 13.8 Å². The number of nitrogens with one attached hydrogen (secondary N) is 1. The molecule has 1 amide bonds. The maximum Gasteiger partial charge on any atom is 0.237 e. The van der Waals surface area contributed by atoms with Gasteiger partial charge in [0.15, 0.2) is 0 Å². The van der Waals surface area contributed by atoms with Crippen LogP contribution in [0, 0.1) is 11.7 Å². The highest BCUT2D eigenvalue weighted by Gasteiger charge is 2.15. The lowest BCUT2D eigenvalue weighted by Gasteiger charge is -2.15. The van der Waals surface area contributed by atoms with Crippen molar-refractivity contribution in [2.45, 2.75) is 32.7 Å². The Kier molecular flexibility index (Phi) is 7.01. The van der Waals surface area contributed by atoms with Gasteiger partial charge in [0.1, 0.15) is 11.6 Å². The van der Waals surface area contributed by atoms with Gasteiger partial charge in [-0.05, 0) is 43.0 Å². The van der Waals surface area contributed by atoms with E-state index in [1.165, 1.54) is 12.1 Å². The van der Waals surface area contributed by atoms with Gasteiger partial charge in [0.25, 0.3) is 0 Å². The third-order valence-corrected chi connectivity index (χ3v) is 2.97. The Bertz CT molecular complexity index is 407. The second kappa shape index (κ2) is 8.53. The molecule has 0 saturated heterocycles. The first-order valence-electron chi connectivity index (χ1n) is 6.92. The van der Waals surface area contributed by atoms with E-state index in [0.717, 1.165) is 12.8 Å². The molecule has 112 valence electrons. The number of nitrogens with two attached hydrogens (primary N) is 1. The molecule has 0 heterocycles. The van der Waals surface area contributed by atoms with Crippen LogP contribution in [0.1, 0.15) is 26.7 Å². The van der Waals surface area contributed by atoms with E-state index in [4.69, 9.17) is 10.5 Å². The highest BCUT2D eigenvalue weighted by atomic mass is 19.1. The molecule has 0 bridgehead atoms. The van der Waals surface area contributed by atoms with Gasteiger partial charge in [-0.25, -0.2) is 4.39 Å². The standard InChI is InChI=1S/C15H23FN2O2/c1-11(2)14(17)15(19)18-9-3-4-10-20-13-7-5-12(16)6-8-13/h5-8,11,14H,3-4,9-10,17H2,1-2H3,(H,18,19)/t14-/m0/s1. The van der Waals surface area contributed by atoms with E-state index in [-0.39, 0.29) is 17.6 Å². The Labute approximate surface area is 119 Å². The zero-order valence-corrected chi connectivity index (χ0v) is 12.1. The van der Waals surface area contributed by atoms with Gasteiger partial charge in [-0.1, -0.05) is 13.8 Å². The summed E-state index contributed by atoms with van der Waals surface area (Å²) in [6.07, 6.45) is 1.63. The van der Waals surface area contributed by atoms with Gasteiger partial charge in [0.2, 0.25) is 5.91 Å². The number of rotatable bonds is 8. The minimum atomic E-state index is -0.453. The summed E-state index contributed by atoms with van der Waals surface area (Å²) in [6, 6.07) is 5.47. The topological polar surface area (TPSA) is 64.4 Å². The molecule has 1 aromatic rings. The van der Waals surface area contributed by atoms with Crippen LogP contribution in [0.15, 0.2) is 24.3 Å². The normalized spacial score (nSPS) is 12.2. The maximum atomic E-state index is 12.7. The minimum Gasteiger partial charge on any atom is -0.494 e. The average molecular weight is 282 g/mol. The maximum absolute atomic E-state index is 12.7. The highest BCUT2D eigenvalue weighted by Crippen LogP contribution is 2.11. The predicted molar refractivity (Wildman–Crippen MR) is 77.0 cm³/mol. The monoisotopic (exact) mass is 282 g/mol. The third kappa shape index (κ3) is 6.02. The Morgan fingerprint density at radius 1 is 1.30 bits per heavy atom. The second-order valence-electron chi connectivity index (χ2n) is 5.07. The number of amides is 1. The fourth-order valence-electron chi connectivity index (χ4n) is 1.58. The summed E-state index contributed by atoms with van der Waals surface area (Å²) < 4.78 is 18.1. The number of halogens is 1. The first-order chi connectivity index (χ1) is 9.50. The molecule has 3 N–H and O–H groups in total. The van der Waals surface area contributed by atoms with Crippen molar-refractivity contribution in [2.75, 3.05) is 13.2 Å². The summed E-state index contributed by atoms with van der Waals surface area (Å²) in [5, 5.41) is 2.80. The number of unbranched alkanes of at least 4 members (excludes halogenated alkanes) is 1. The van der Waals surface area contributed by atoms with Crippen molar-refractivity contribution in [3.63, 3.8) is 0 Å². The van der Waals surface area contributed by atoms with Crippen molar-refractivity contribution < 1.29 is 13.9 Å². The van der Waals surface area contributed by atoms with Crippen molar-refractivity contribution in [3.05, 3.63) is 30.1 Å². The van der Waals surface area contributed by atoms with E-state index >= 15 is 0 Å². The fraction of sp³-hybridized carbons (Fsp3) is 0.533. The Balaban J connectivity index is 2.08. The molecule has 0 fully saturated rings. The molecule has 1 rings (SSSR count).